The third-order valence-electron chi connectivity index (χ3n) is 6.22. The van der Waals surface area contributed by atoms with Crippen molar-refractivity contribution in [2.75, 3.05) is 29.9 Å². The van der Waals surface area contributed by atoms with Gasteiger partial charge < -0.3 is 10.2 Å². The number of piperidine rings is 1. The largest absolute Gasteiger partial charge is 0.326 e. The number of nitrogens with one attached hydrogen (secondary N) is 1. The minimum atomic E-state index is -3.65. The maximum Gasteiger partial charge on any atom is 0.243 e. The molecule has 2 aliphatic rings. The van der Waals surface area contributed by atoms with E-state index in [9.17, 15) is 22.4 Å². The predicted octanol–water partition coefficient (Wildman–Crippen LogP) is 3.82. The van der Waals surface area contributed by atoms with Crippen molar-refractivity contribution in [3.05, 3.63) is 52.8 Å². The Bertz CT molecular complexity index is 1200. The molecule has 33 heavy (non-hydrogen) atoms. The fourth-order valence-electron chi connectivity index (χ4n) is 4.42. The number of benzene rings is 2. The highest BCUT2D eigenvalue weighted by Crippen LogP contribution is 2.32. The number of hydrogen-bond acceptors (Lipinski definition) is 4. The fraction of sp³-hybridized carbons (Fsp3) is 0.391. The number of hydrogen-bond donors (Lipinski definition) is 1. The van der Waals surface area contributed by atoms with Gasteiger partial charge in [-0.05, 0) is 67.1 Å². The van der Waals surface area contributed by atoms with Gasteiger partial charge in [-0.3, -0.25) is 9.59 Å². The quantitative estimate of drug-likeness (QED) is 0.686. The van der Waals surface area contributed by atoms with E-state index < -0.39 is 15.8 Å². The molecule has 2 aromatic carbocycles. The monoisotopic (exact) mass is 493 g/mol. The normalized spacial score (nSPS) is 17.1. The van der Waals surface area contributed by atoms with Crippen molar-refractivity contribution in [1.82, 2.24) is 4.31 Å². The van der Waals surface area contributed by atoms with E-state index in [0.29, 0.717) is 44.6 Å². The molecule has 0 bridgehead atoms. The van der Waals surface area contributed by atoms with Gasteiger partial charge in [0.05, 0.1) is 9.92 Å². The minimum absolute atomic E-state index is 0.0523. The van der Waals surface area contributed by atoms with E-state index in [2.05, 4.69) is 5.32 Å². The molecular formula is C23H25ClFN3O4S. The minimum Gasteiger partial charge on any atom is -0.326 e. The van der Waals surface area contributed by atoms with Gasteiger partial charge in [-0.2, -0.15) is 4.31 Å². The van der Waals surface area contributed by atoms with Crippen LogP contribution in [0.3, 0.4) is 0 Å². The molecular weight excluding hydrogens is 469 g/mol. The van der Waals surface area contributed by atoms with E-state index >= 15 is 0 Å². The lowest BCUT2D eigenvalue weighted by molar-refractivity contribution is -0.117. The lowest BCUT2D eigenvalue weighted by Gasteiger charge is -2.31. The Balaban J connectivity index is 1.35. The zero-order valence-electron chi connectivity index (χ0n) is 18.2. The third kappa shape index (κ3) is 5.05. The van der Waals surface area contributed by atoms with Gasteiger partial charge in [0.15, 0.2) is 0 Å². The van der Waals surface area contributed by atoms with Crippen LogP contribution in [0.25, 0.3) is 0 Å². The van der Waals surface area contributed by atoms with Crippen molar-refractivity contribution < 1.29 is 22.4 Å². The maximum absolute atomic E-state index is 13.3. The highest BCUT2D eigenvalue weighted by molar-refractivity contribution is 7.89. The first-order chi connectivity index (χ1) is 15.6. The van der Waals surface area contributed by atoms with Crippen LogP contribution in [0.4, 0.5) is 15.8 Å². The number of carbonyl (C=O) groups is 2. The van der Waals surface area contributed by atoms with Crippen molar-refractivity contribution in [3.8, 4) is 0 Å². The number of halogens is 2. The molecule has 0 atom stereocenters. The van der Waals surface area contributed by atoms with Crippen LogP contribution in [0.2, 0.25) is 5.02 Å². The smallest absolute Gasteiger partial charge is 0.243 e. The second-order valence-corrected chi connectivity index (χ2v) is 10.8. The van der Waals surface area contributed by atoms with Crippen LogP contribution < -0.4 is 10.2 Å². The van der Waals surface area contributed by atoms with Gasteiger partial charge in [-0.25, -0.2) is 12.8 Å². The van der Waals surface area contributed by atoms with Crippen molar-refractivity contribution in [2.24, 2.45) is 5.92 Å². The first-order valence-corrected chi connectivity index (χ1v) is 12.6. The Kier molecular flexibility index (Phi) is 6.74. The molecule has 0 saturated carbocycles. The predicted molar refractivity (Wildman–Crippen MR) is 124 cm³/mol. The van der Waals surface area contributed by atoms with E-state index in [-0.39, 0.29) is 34.1 Å². The zero-order chi connectivity index (χ0) is 23.8. The molecule has 2 heterocycles. The van der Waals surface area contributed by atoms with Crippen LogP contribution in [0, 0.1) is 11.7 Å². The Hall–Kier alpha value is -2.49. The summed E-state index contributed by atoms with van der Waals surface area (Å²) in [6, 6.07) is 8.92. The lowest BCUT2D eigenvalue weighted by atomic mass is 9.94. The molecule has 2 amide bonds. The van der Waals surface area contributed by atoms with Gasteiger partial charge in [0, 0.05) is 44.4 Å². The maximum atomic E-state index is 13.3. The second-order valence-electron chi connectivity index (χ2n) is 8.44. The number of sulfonamides is 1. The summed E-state index contributed by atoms with van der Waals surface area (Å²) in [6.45, 7) is 2.73. The van der Waals surface area contributed by atoms with Crippen molar-refractivity contribution in [3.63, 3.8) is 0 Å². The summed E-state index contributed by atoms with van der Waals surface area (Å²) in [6.07, 6.45) is 2.02. The number of fused-ring (bicyclic) bond motifs is 1. The number of amides is 2. The molecule has 2 aromatic rings. The van der Waals surface area contributed by atoms with Crippen molar-refractivity contribution in [1.29, 1.82) is 0 Å². The van der Waals surface area contributed by atoms with Gasteiger partial charge in [-0.15, -0.1) is 0 Å². The van der Waals surface area contributed by atoms with E-state index in [0.717, 1.165) is 11.3 Å². The number of carbonyl (C=O) groups excluding carboxylic acids is 2. The Morgan fingerprint density at radius 3 is 2.52 bits per heavy atom. The van der Waals surface area contributed by atoms with Gasteiger partial charge in [-0.1, -0.05) is 11.6 Å². The summed E-state index contributed by atoms with van der Waals surface area (Å²) < 4.78 is 41.0. The zero-order valence-corrected chi connectivity index (χ0v) is 19.8. The van der Waals surface area contributed by atoms with Gasteiger partial charge in [0.2, 0.25) is 21.8 Å². The van der Waals surface area contributed by atoms with E-state index in [1.165, 1.54) is 29.4 Å². The molecule has 0 radical (unpaired) electrons. The summed E-state index contributed by atoms with van der Waals surface area (Å²) in [5.41, 5.74) is 2.05. The molecule has 0 aromatic heterocycles. The Morgan fingerprint density at radius 2 is 1.85 bits per heavy atom. The van der Waals surface area contributed by atoms with Gasteiger partial charge >= 0.3 is 0 Å². The molecule has 0 unspecified atom stereocenters. The van der Waals surface area contributed by atoms with Gasteiger partial charge in [0.25, 0.3) is 0 Å². The lowest BCUT2D eigenvalue weighted by Crippen LogP contribution is -2.39. The van der Waals surface area contributed by atoms with Crippen LogP contribution in [-0.2, 0) is 26.0 Å². The van der Waals surface area contributed by atoms with Crippen LogP contribution in [0.5, 0.6) is 0 Å². The molecule has 0 aliphatic carbocycles. The first-order valence-electron chi connectivity index (χ1n) is 10.8. The summed E-state index contributed by atoms with van der Waals surface area (Å²) in [7, 11) is -3.65. The van der Waals surface area contributed by atoms with Crippen LogP contribution in [0.1, 0.15) is 31.7 Å². The summed E-state index contributed by atoms with van der Waals surface area (Å²) in [5, 5.41) is 2.65. The SMILES string of the molecule is CC(=O)N1CCc2cc(S(=O)(=O)N3CCC(CC(=O)Nc4ccc(F)c(Cl)c4)CC3)ccc21. The highest BCUT2D eigenvalue weighted by Gasteiger charge is 2.32. The molecule has 4 rings (SSSR count). The molecule has 1 fully saturated rings. The second kappa shape index (κ2) is 9.40. The summed E-state index contributed by atoms with van der Waals surface area (Å²) in [4.78, 5) is 26.0. The van der Waals surface area contributed by atoms with Crippen LogP contribution >= 0.6 is 11.6 Å². The summed E-state index contributed by atoms with van der Waals surface area (Å²) in [5.74, 6) is -0.773. The standard InChI is InChI=1S/C23H25ClFN3O4S/c1-15(29)28-11-8-17-13-19(3-5-22(17)28)33(31,32)27-9-6-16(7-10-27)12-23(30)26-18-2-4-21(25)20(24)14-18/h2-5,13-14,16H,6-12H2,1H3,(H,26,30). The number of anilines is 2. The molecule has 1 N–H and O–H groups in total. The number of nitrogens with zero attached hydrogens (tertiary/aromatic N) is 2. The molecule has 0 spiro atoms. The summed E-state index contributed by atoms with van der Waals surface area (Å²) >= 11 is 5.74. The van der Waals surface area contributed by atoms with Crippen molar-refractivity contribution >= 4 is 44.8 Å². The average molecular weight is 494 g/mol. The average Bonchev–Trinajstić information content (AvgIpc) is 3.20. The molecule has 2 aliphatic heterocycles. The Morgan fingerprint density at radius 1 is 1.12 bits per heavy atom. The van der Waals surface area contributed by atoms with Crippen LogP contribution in [-0.4, -0.2) is 44.2 Å². The Labute approximate surface area is 197 Å². The number of rotatable bonds is 5. The van der Waals surface area contributed by atoms with Crippen LogP contribution in [0.15, 0.2) is 41.3 Å². The molecule has 176 valence electrons. The third-order valence-corrected chi connectivity index (χ3v) is 8.40. The van der Waals surface area contributed by atoms with E-state index in [1.807, 2.05) is 0 Å². The topological polar surface area (TPSA) is 86.8 Å². The fourth-order valence-corrected chi connectivity index (χ4v) is 6.12. The van der Waals surface area contributed by atoms with Gasteiger partial charge in [0.1, 0.15) is 5.82 Å². The highest BCUT2D eigenvalue weighted by atomic mass is 35.5. The van der Waals surface area contributed by atoms with E-state index in [4.69, 9.17) is 11.6 Å². The van der Waals surface area contributed by atoms with Crippen molar-refractivity contribution in [2.45, 2.75) is 37.5 Å². The first kappa shape index (κ1) is 23.7. The molecule has 10 heteroatoms. The molecule has 7 nitrogen and oxygen atoms in total. The van der Waals surface area contributed by atoms with E-state index in [1.54, 1.807) is 23.1 Å². The molecule has 1 saturated heterocycles.